The quantitative estimate of drug-likeness (QED) is 0.529. The Balaban J connectivity index is 1.51. The van der Waals surface area contributed by atoms with Crippen LogP contribution in [0.4, 0.5) is 0 Å². The Bertz CT molecular complexity index is 1030. The zero-order chi connectivity index (χ0) is 16.1. The number of imidazole rings is 1. The topological polar surface area (TPSA) is 37.6 Å². The second-order valence-corrected chi connectivity index (χ2v) is 7.94. The van der Waals surface area contributed by atoms with E-state index in [-0.39, 0.29) is 11.9 Å². The lowest BCUT2D eigenvalue weighted by Gasteiger charge is -2.24. The monoisotopic (exact) mass is 353 g/mol. The number of hydrogen-bond acceptors (Lipinski definition) is 4. The Morgan fingerprint density at radius 2 is 2.12 bits per heavy atom. The smallest absolute Gasteiger partial charge is 0.264 e. The SMILES string of the molecule is O=C(c1cc2c(nc3sccn32)s1)N1CCCC1c1ccccc1. The number of thiazole rings is 1. The molecular weight excluding hydrogens is 338 g/mol. The molecule has 120 valence electrons. The van der Waals surface area contributed by atoms with Crippen LogP contribution in [0.5, 0.6) is 0 Å². The lowest BCUT2D eigenvalue weighted by Crippen LogP contribution is -2.29. The van der Waals surface area contributed by atoms with E-state index < -0.39 is 0 Å². The van der Waals surface area contributed by atoms with E-state index >= 15 is 0 Å². The number of hydrogen-bond donors (Lipinski definition) is 0. The molecule has 0 saturated carbocycles. The van der Waals surface area contributed by atoms with Gasteiger partial charge in [-0.05, 0) is 24.5 Å². The molecule has 0 radical (unpaired) electrons. The summed E-state index contributed by atoms with van der Waals surface area (Å²) in [7, 11) is 0. The minimum Gasteiger partial charge on any atom is -0.331 e. The minimum absolute atomic E-state index is 0.133. The fourth-order valence-electron chi connectivity index (χ4n) is 3.53. The van der Waals surface area contributed by atoms with Crippen molar-refractivity contribution in [3.05, 3.63) is 58.4 Å². The van der Waals surface area contributed by atoms with Gasteiger partial charge in [0.25, 0.3) is 5.91 Å². The van der Waals surface area contributed by atoms with Crippen LogP contribution in [0.1, 0.15) is 34.1 Å². The summed E-state index contributed by atoms with van der Waals surface area (Å²) >= 11 is 3.12. The molecule has 5 rings (SSSR count). The fraction of sp³-hybridized carbons (Fsp3) is 0.222. The maximum atomic E-state index is 13.1. The van der Waals surface area contributed by atoms with Crippen LogP contribution in [0.3, 0.4) is 0 Å². The lowest BCUT2D eigenvalue weighted by molar-refractivity contribution is 0.0740. The van der Waals surface area contributed by atoms with Gasteiger partial charge in [-0.25, -0.2) is 4.98 Å². The maximum Gasteiger partial charge on any atom is 0.264 e. The Kier molecular flexibility index (Phi) is 3.21. The number of likely N-dealkylation sites (tertiary alicyclic amines) is 1. The van der Waals surface area contributed by atoms with E-state index in [2.05, 4.69) is 21.5 Å². The molecule has 1 atom stereocenters. The van der Waals surface area contributed by atoms with Crippen LogP contribution < -0.4 is 0 Å². The van der Waals surface area contributed by atoms with Crippen molar-refractivity contribution in [3.8, 4) is 0 Å². The van der Waals surface area contributed by atoms with Gasteiger partial charge in [0.15, 0.2) is 4.96 Å². The zero-order valence-corrected chi connectivity index (χ0v) is 14.5. The Labute approximate surface area is 147 Å². The highest BCUT2D eigenvalue weighted by molar-refractivity contribution is 7.21. The number of fused-ring (bicyclic) bond motifs is 3. The highest BCUT2D eigenvalue weighted by Crippen LogP contribution is 2.35. The minimum atomic E-state index is 0.133. The van der Waals surface area contributed by atoms with Crippen molar-refractivity contribution < 1.29 is 4.79 Å². The molecule has 4 nitrogen and oxygen atoms in total. The van der Waals surface area contributed by atoms with Crippen molar-refractivity contribution in [1.82, 2.24) is 14.3 Å². The number of carbonyl (C=O) groups is 1. The first-order valence-corrected chi connectivity index (χ1v) is 9.72. The molecule has 0 bridgehead atoms. The zero-order valence-electron chi connectivity index (χ0n) is 12.9. The lowest BCUT2D eigenvalue weighted by atomic mass is 10.0. The average molecular weight is 353 g/mol. The molecule has 4 aromatic rings. The van der Waals surface area contributed by atoms with Gasteiger partial charge in [0, 0.05) is 18.1 Å². The van der Waals surface area contributed by atoms with E-state index in [9.17, 15) is 4.79 Å². The van der Waals surface area contributed by atoms with Crippen LogP contribution in [-0.2, 0) is 0 Å². The summed E-state index contributed by atoms with van der Waals surface area (Å²) in [4.78, 5) is 22.4. The normalized spacial score (nSPS) is 18.0. The number of carbonyl (C=O) groups excluding carboxylic acids is 1. The molecule has 0 spiro atoms. The van der Waals surface area contributed by atoms with E-state index in [1.807, 2.05) is 40.7 Å². The predicted molar refractivity (Wildman–Crippen MR) is 97.9 cm³/mol. The third-order valence-corrected chi connectivity index (χ3v) is 6.41. The van der Waals surface area contributed by atoms with Gasteiger partial charge in [0.2, 0.25) is 0 Å². The van der Waals surface area contributed by atoms with E-state index in [0.29, 0.717) is 0 Å². The van der Waals surface area contributed by atoms with Crippen LogP contribution in [0.15, 0.2) is 48.0 Å². The standard InChI is InChI=1S/C18H15N3OS2/c22-17(20-8-4-7-13(20)12-5-2-1-3-6-12)15-11-14-16(24-15)19-18-21(14)9-10-23-18/h1-3,5-6,9-11,13H,4,7-8H2. The summed E-state index contributed by atoms with van der Waals surface area (Å²) in [5, 5.41) is 2.02. The molecule has 4 heterocycles. The number of nitrogens with zero attached hydrogens (tertiary/aromatic N) is 3. The Morgan fingerprint density at radius 1 is 1.25 bits per heavy atom. The summed E-state index contributed by atoms with van der Waals surface area (Å²) in [5.41, 5.74) is 2.27. The third kappa shape index (κ3) is 2.10. The van der Waals surface area contributed by atoms with Crippen molar-refractivity contribution in [3.63, 3.8) is 0 Å². The highest BCUT2D eigenvalue weighted by Gasteiger charge is 2.31. The van der Waals surface area contributed by atoms with Gasteiger partial charge in [0.1, 0.15) is 4.83 Å². The molecule has 1 unspecified atom stereocenters. The van der Waals surface area contributed by atoms with Crippen LogP contribution in [0.2, 0.25) is 0 Å². The maximum absolute atomic E-state index is 13.1. The molecular formula is C18H15N3OS2. The van der Waals surface area contributed by atoms with Gasteiger partial charge in [0.05, 0.1) is 16.4 Å². The van der Waals surface area contributed by atoms with Crippen LogP contribution >= 0.6 is 22.7 Å². The largest absolute Gasteiger partial charge is 0.331 e. The summed E-state index contributed by atoms with van der Waals surface area (Å²) < 4.78 is 2.06. The summed E-state index contributed by atoms with van der Waals surface area (Å²) in [5.74, 6) is 0.133. The summed E-state index contributed by atoms with van der Waals surface area (Å²) in [6, 6.07) is 12.5. The number of benzene rings is 1. The van der Waals surface area contributed by atoms with Crippen LogP contribution in [-0.4, -0.2) is 26.7 Å². The first kappa shape index (κ1) is 14.2. The fourth-order valence-corrected chi connectivity index (χ4v) is 5.28. The molecule has 1 fully saturated rings. The van der Waals surface area contributed by atoms with E-state index in [4.69, 9.17) is 0 Å². The molecule has 1 saturated heterocycles. The first-order chi connectivity index (χ1) is 11.8. The van der Waals surface area contributed by atoms with E-state index in [1.54, 1.807) is 11.3 Å². The Morgan fingerprint density at radius 3 is 3.00 bits per heavy atom. The van der Waals surface area contributed by atoms with Gasteiger partial charge in [-0.3, -0.25) is 9.20 Å². The molecule has 0 N–H and O–H groups in total. The third-order valence-electron chi connectivity index (χ3n) is 4.65. The number of aromatic nitrogens is 2. The van der Waals surface area contributed by atoms with Crippen molar-refractivity contribution in [1.29, 1.82) is 0 Å². The molecule has 1 aliphatic rings. The van der Waals surface area contributed by atoms with Crippen molar-refractivity contribution in [2.45, 2.75) is 18.9 Å². The van der Waals surface area contributed by atoms with Crippen molar-refractivity contribution >= 4 is 43.9 Å². The number of rotatable bonds is 2. The first-order valence-electron chi connectivity index (χ1n) is 8.02. The van der Waals surface area contributed by atoms with Crippen molar-refractivity contribution in [2.24, 2.45) is 0 Å². The van der Waals surface area contributed by atoms with Gasteiger partial charge < -0.3 is 4.90 Å². The van der Waals surface area contributed by atoms with Gasteiger partial charge >= 0.3 is 0 Å². The molecule has 1 amide bonds. The second kappa shape index (κ2) is 5.43. The molecule has 0 aliphatic carbocycles. The average Bonchev–Trinajstić information content (AvgIpc) is 3.36. The highest BCUT2D eigenvalue weighted by atomic mass is 32.1. The van der Waals surface area contributed by atoms with Crippen molar-refractivity contribution in [2.75, 3.05) is 6.54 Å². The molecule has 1 aromatic carbocycles. The predicted octanol–water partition coefficient (Wildman–Crippen LogP) is 4.59. The number of amides is 1. The molecule has 6 heteroatoms. The molecule has 24 heavy (non-hydrogen) atoms. The van der Waals surface area contributed by atoms with Gasteiger partial charge in [-0.1, -0.05) is 30.3 Å². The number of thiophene rings is 1. The summed E-state index contributed by atoms with van der Waals surface area (Å²) in [6.07, 6.45) is 4.11. The van der Waals surface area contributed by atoms with Gasteiger partial charge in [-0.2, -0.15) is 0 Å². The molecule has 3 aromatic heterocycles. The van der Waals surface area contributed by atoms with Gasteiger partial charge in [-0.15, -0.1) is 22.7 Å². The Hall–Kier alpha value is -2.18. The second-order valence-electron chi connectivity index (χ2n) is 6.04. The van der Waals surface area contributed by atoms with E-state index in [0.717, 1.165) is 39.6 Å². The van der Waals surface area contributed by atoms with Crippen LogP contribution in [0, 0.1) is 0 Å². The molecule has 1 aliphatic heterocycles. The summed E-state index contributed by atoms with van der Waals surface area (Å²) in [6.45, 7) is 0.828. The van der Waals surface area contributed by atoms with Crippen LogP contribution in [0.25, 0.3) is 15.3 Å². The van der Waals surface area contributed by atoms with E-state index in [1.165, 1.54) is 16.9 Å².